The number of nitrogens with zero attached hydrogens (tertiary/aromatic N) is 1. The lowest BCUT2D eigenvalue weighted by Gasteiger charge is -2.31. The number of methoxy groups -OCH3 is 1. The summed E-state index contributed by atoms with van der Waals surface area (Å²) in [6.07, 6.45) is 2.45. The molecule has 4 heteroatoms. The Morgan fingerprint density at radius 1 is 1.39 bits per heavy atom. The van der Waals surface area contributed by atoms with E-state index in [9.17, 15) is 4.39 Å². The van der Waals surface area contributed by atoms with Gasteiger partial charge in [-0.2, -0.15) is 0 Å². The van der Waals surface area contributed by atoms with Gasteiger partial charge in [-0.25, -0.2) is 4.39 Å². The summed E-state index contributed by atoms with van der Waals surface area (Å²) in [6, 6.07) is 7.43. The Labute approximate surface area is 108 Å². The molecular weight excluding hydrogens is 231 g/mol. The van der Waals surface area contributed by atoms with Gasteiger partial charge in [0, 0.05) is 32.3 Å². The third kappa shape index (κ3) is 3.28. The molecule has 1 aromatic rings. The van der Waals surface area contributed by atoms with Crippen molar-refractivity contribution in [2.45, 2.75) is 24.9 Å². The Morgan fingerprint density at radius 2 is 2.06 bits per heavy atom. The average molecular weight is 252 g/mol. The molecule has 2 N–H and O–H groups in total. The van der Waals surface area contributed by atoms with Gasteiger partial charge in [0.2, 0.25) is 0 Å². The van der Waals surface area contributed by atoms with Crippen LogP contribution in [0.2, 0.25) is 0 Å². The molecule has 2 rings (SSSR count). The lowest BCUT2D eigenvalue weighted by atomic mass is 10.0. The maximum absolute atomic E-state index is 13.0. The van der Waals surface area contributed by atoms with Crippen LogP contribution in [0.15, 0.2) is 24.3 Å². The lowest BCUT2D eigenvalue weighted by molar-refractivity contribution is 0.115. The fraction of sp³-hybridized carbons (Fsp3) is 0.571. The maximum atomic E-state index is 13.0. The first-order valence-corrected chi connectivity index (χ1v) is 6.46. The van der Waals surface area contributed by atoms with Gasteiger partial charge in [-0.15, -0.1) is 0 Å². The number of nitrogens with two attached hydrogens (primary N) is 1. The zero-order chi connectivity index (χ0) is 13.0. The van der Waals surface area contributed by atoms with Gasteiger partial charge in [0.1, 0.15) is 5.82 Å². The van der Waals surface area contributed by atoms with Crippen molar-refractivity contribution in [3.63, 3.8) is 0 Å². The summed E-state index contributed by atoms with van der Waals surface area (Å²) < 4.78 is 18.1. The van der Waals surface area contributed by atoms with Crippen LogP contribution in [-0.2, 0) is 4.74 Å². The van der Waals surface area contributed by atoms with E-state index >= 15 is 0 Å². The molecule has 0 aliphatic heterocycles. The quantitative estimate of drug-likeness (QED) is 0.806. The molecule has 1 saturated carbocycles. The average Bonchev–Trinajstić information content (AvgIpc) is 3.20. The van der Waals surface area contributed by atoms with Gasteiger partial charge < -0.3 is 10.5 Å². The van der Waals surface area contributed by atoms with Gasteiger partial charge in [0.15, 0.2) is 0 Å². The van der Waals surface area contributed by atoms with E-state index in [-0.39, 0.29) is 11.9 Å². The molecular formula is C14H21FN2O. The van der Waals surface area contributed by atoms with Crippen LogP contribution in [0, 0.1) is 5.82 Å². The normalized spacial score (nSPS) is 17.1. The molecule has 1 atom stereocenters. The zero-order valence-corrected chi connectivity index (χ0v) is 10.8. The van der Waals surface area contributed by atoms with Gasteiger partial charge in [-0.05, 0) is 30.5 Å². The molecule has 1 aliphatic rings. The first-order chi connectivity index (χ1) is 8.76. The van der Waals surface area contributed by atoms with Crippen molar-refractivity contribution in [3.8, 4) is 0 Å². The second kappa shape index (κ2) is 6.27. The fourth-order valence-corrected chi connectivity index (χ4v) is 2.34. The first kappa shape index (κ1) is 13.5. The monoisotopic (exact) mass is 252 g/mol. The van der Waals surface area contributed by atoms with Crippen molar-refractivity contribution in [2.24, 2.45) is 5.73 Å². The molecule has 0 spiro atoms. The Hall–Kier alpha value is -0.970. The van der Waals surface area contributed by atoms with Crippen LogP contribution < -0.4 is 5.73 Å². The van der Waals surface area contributed by atoms with E-state index in [1.807, 2.05) is 12.1 Å². The Kier molecular flexibility index (Phi) is 4.69. The predicted octanol–water partition coefficient (Wildman–Crippen LogP) is 1.94. The number of rotatable bonds is 7. The van der Waals surface area contributed by atoms with E-state index in [1.165, 1.54) is 25.0 Å². The highest BCUT2D eigenvalue weighted by Crippen LogP contribution is 2.33. The number of hydrogen-bond acceptors (Lipinski definition) is 3. The van der Waals surface area contributed by atoms with Crippen molar-refractivity contribution in [1.29, 1.82) is 0 Å². The van der Waals surface area contributed by atoms with Gasteiger partial charge in [0.25, 0.3) is 0 Å². The minimum Gasteiger partial charge on any atom is -0.383 e. The molecule has 1 aliphatic carbocycles. The Balaban J connectivity index is 2.11. The van der Waals surface area contributed by atoms with Gasteiger partial charge in [0.05, 0.1) is 6.61 Å². The fourth-order valence-electron chi connectivity index (χ4n) is 2.34. The molecule has 1 unspecified atom stereocenters. The Bertz CT molecular complexity index is 365. The second-order valence-corrected chi connectivity index (χ2v) is 4.76. The molecule has 0 heterocycles. The van der Waals surface area contributed by atoms with Crippen molar-refractivity contribution in [2.75, 3.05) is 26.8 Å². The van der Waals surface area contributed by atoms with Gasteiger partial charge in [-0.1, -0.05) is 12.1 Å². The molecule has 18 heavy (non-hydrogen) atoms. The molecule has 0 bridgehead atoms. The summed E-state index contributed by atoms with van der Waals surface area (Å²) in [6.45, 7) is 2.13. The molecule has 0 aromatic heterocycles. The summed E-state index contributed by atoms with van der Waals surface area (Å²) in [5.41, 5.74) is 6.99. The first-order valence-electron chi connectivity index (χ1n) is 6.46. The van der Waals surface area contributed by atoms with Gasteiger partial charge >= 0.3 is 0 Å². The van der Waals surface area contributed by atoms with Crippen LogP contribution >= 0.6 is 0 Å². The predicted molar refractivity (Wildman–Crippen MR) is 69.8 cm³/mol. The number of benzene rings is 1. The van der Waals surface area contributed by atoms with E-state index in [4.69, 9.17) is 10.5 Å². The molecule has 1 fully saturated rings. The minimum atomic E-state index is -0.204. The molecule has 3 nitrogen and oxygen atoms in total. The van der Waals surface area contributed by atoms with Crippen LogP contribution in [0.4, 0.5) is 4.39 Å². The summed E-state index contributed by atoms with van der Waals surface area (Å²) in [5, 5.41) is 0. The molecule has 0 radical (unpaired) electrons. The van der Waals surface area contributed by atoms with Crippen molar-refractivity contribution < 1.29 is 9.13 Å². The number of hydrogen-bond donors (Lipinski definition) is 1. The standard InChI is InChI=1S/C14H21FN2O/c1-18-9-8-17(13-6-7-13)14(10-16)11-2-4-12(15)5-3-11/h2-5,13-14H,6-10,16H2,1H3. The van der Waals surface area contributed by atoms with Crippen LogP contribution in [0.1, 0.15) is 24.4 Å². The molecule has 1 aromatic carbocycles. The van der Waals surface area contributed by atoms with Gasteiger partial charge in [-0.3, -0.25) is 4.90 Å². The highest BCUT2D eigenvalue weighted by molar-refractivity contribution is 5.21. The van der Waals surface area contributed by atoms with Crippen LogP contribution in [0.5, 0.6) is 0 Å². The molecule has 100 valence electrons. The summed E-state index contributed by atoms with van der Waals surface area (Å²) in [5.74, 6) is -0.204. The SMILES string of the molecule is COCCN(C1CC1)C(CN)c1ccc(F)cc1. The van der Waals surface area contributed by atoms with E-state index in [1.54, 1.807) is 7.11 Å². The van der Waals surface area contributed by atoms with Crippen LogP contribution in [0.3, 0.4) is 0 Å². The second-order valence-electron chi connectivity index (χ2n) is 4.76. The van der Waals surface area contributed by atoms with Crippen LogP contribution in [-0.4, -0.2) is 37.7 Å². The third-order valence-corrected chi connectivity index (χ3v) is 3.45. The smallest absolute Gasteiger partial charge is 0.123 e. The van der Waals surface area contributed by atoms with Crippen molar-refractivity contribution in [3.05, 3.63) is 35.6 Å². The molecule has 0 saturated heterocycles. The Morgan fingerprint density at radius 3 is 2.56 bits per heavy atom. The van der Waals surface area contributed by atoms with E-state index < -0.39 is 0 Å². The largest absolute Gasteiger partial charge is 0.383 e. The van der Waals surface area contributed by atoms with Crippen molar-refractivity contribution >= 4 is 0 Å². The maximum Gasteiger partial charge on any atom is 0.123 e. The van der Waals surface area contributed by atoms with E-state index in [0.29, 0.717) is 19.2 Å². The van der Waals surface area contributed by atoms with Crippen LogP contribution in [0.25, 0.3) is 0 Å². The number of halogens is 1. The summed E-state index contributed by atoms with van der Waals surface area (Å²) in [7, 11) is 1.71. The summed E-state index contributed by atoms with van der Waals surface area (Å²) in [4.78, 5) is 2.39. The van der Waals surface area contributed by atoms with Crippen molar-refractivity contribution in [1.82, 2.24) is 4.90 Å². The highest BCUT2D eigenvalue weighted by atomic mass is 19.1. The molecule has 0 amide bonds. The number of ether oxygens (including phenoxy) is 1. The third-order valence-electron chi connectivity index (χ3n) is 3.45. The zero-order valence-electron chi connectivity index (χ0n) is 10.8. The summed E-state index contributed by atoms with van der Waals surface area (Å²) >= 11 is 0. The topological polar surface area (TPSA) is 38.5 Å². The van der Waals surface area contributed by atoms with E-state index in [2.05, 4.69) is 4.90 Å². The minimum absolute atomic E-state index is 0.160. The lowest BCUT2D eigenvalue weighted by Crippen LogP contribution is -2.37. The van der Waals surface area contributed by atoms with E-state index in [0.717, 1.165) is 12.1 Å². The highest BCUT2D eigenvalue weighted by Gasteiger charge is 2.33.